The summed E-state index contributed by atoms with van der Waals surface area (Å²) in [7, 11) is 0. The number of hydrogen-bond donors (Lipinski definition) is 2. The number of carbonyl (C=O) groups is 2. The molecule has 28 heavy (non-hydrogen) atoms. The van der Waals surface area contributed by atoms with Gasteiger partial charge in [0.15, 0.2) is 5.13 Å². The first-order chi connectivity index (χ1) is 13.6. The molecular formula is C21H17N3O3S. The first-order valence-corrected chi connectivity index (χ1v) is 9.95. The van der Waals surface area contributed by atoms with Gasteiger partial charge in [-0.25, -0.2) is 4.98 Å². The minimum Gasteiger partial charge on any atom is -0.481 e. The molecule has 5 rings (SSSR count). The first-order valence-electron chi connectivity index (χ1n) is 9.13. The Kier molecular flexibility index (Phi) is 3.98. The molecule has 4 atom stereocenters. The SMILES string of the molecule is O=C(O)C1C2C=CC(C2)C1C(=O)Nc1nc2ccc(-c3ccncc3)cc2s1. The summed E-state index contributed by atoms with van der Waals surface area (Å²) in [6.07, 6.45) is 8.16. The number of nitrogens with zero attached hydrogens (tertiary/aromatic N) is 2. The van der Waals surface area contributed by atoms with Crippen LogP contribution in [0.1, 0.15) is 6.42 Å². The van der Waals surface area contributed by atoms with Crippen LogP contribution in [-0.2, 0) is 9.59 Å². The Balaban J connectivity index is 1.40. The second kappa shape index (κ2) is 6.53. The number of aromatic nitrogens is 2. The standard InChI is InChI=1S/C21H17N3O3S/c25-19(17-13-1-2-14(9-13)18(17)20(26)27)24-21-23-15-4-3-12(10-16(15)28-21)11-5-7-22-8-6-11/h1-8,10,13-14,17-18H,9H2,(H,26,27)(H,23,24,25). The normalized spacial score (nSPS) is 25.3. The van der Waals surface area contributed by atoms with E-state index < -0.39 is 17.8 Å². The van der Waals surface area contributed by atoms with Gasteiger partial charge in [0.1, 0.15) is 0 Å². The molecule has 2 N–H and O–H groups in total. The van der Waals surface area contributed by atoms with Gasteiger partial charge in [-0.1, -0.05) is 29.6 Å². The number of fused-ring (bicyclic) bond motifs is 3. The molecule has 0 spiro atoms. The quantitative estimate of drug-likeness (QED) is 0.660. The van der Waals surface area contributed by atoms with Gasteiger partial charge in [0, 0.05) is 12.4 Å². The van der Waals surface area contributed by atoms with Gasteiger partial charge >= 0.3 is 5.97 Å². The third kappa shape index (κ3) is 2.79. The number of thiazole rings is 1. The van der Waals surface area contributed by atoms with Crippen molar-refractivity contribution in [1.82, 2.24) is 9.97 Å². The van der Waals surface area contributed by atoms with Gasteiger partial charge in [0.25, 0.3) is 0 Å². The number of anilines is 1. The average Bonchev–Trinajstić information content (AvgIpc) is 3.41. The van der Waals surface area contributed by atoms with Crippen LogP contribution in [0.3, 0.4) is 0 Å². The molecular weight excluding hydrogens is 374 g/mol. The van der Waals surface area contributed by atoms with Crippen molar-refractivity contribution in [3.05, 3.63) is 54.9 Å². The molecule has 1 fully saturated rings. The van der Waals surface area contributed by atoms with E-state index in [1.54, 1.807) is 12.4 Å². The molecule has 2 aromatic heterocycles. The predicted molar refractivity (Wildman–Crippen MR) is 107 cm³/mol. The van der Waals surface area contributed by atoms with Crippen LogP contribution in [0.25, 0.3) is 21.3 Å². The Bertz CT molecular complexity index is 1110. The van der Waals surface area contributed by atoms with Gasteiger partial charge in [-0.3, -0.25) is 14.6 Å². The van der Waals surface area contributed by atoms with Crippen LogP contribution in [-0.4, -0.2) is 27.0 Å². The number of allylic oxidation sites excluding steroid dienone is 2. The number of pyridine rings is 1. The number of carbonyl (C=O) groups excluding carboxylic acids is 1. The van der Waals surface area contributed by atoms with Crippen molar-refractivity contribution in [3.63, 3.8) is 0 Å². The van der Waals surface area contributed by atoms with Gasteiger partial charge < -0.3 is 10.4 Å². The Morgan fingerprint density at radius 1 is 1.04 bits per heavy atom. The highest BCUT2D eigenvalue weighted by molar-refractivity contribution is 7.22. The molecule has 140 valence electrons. The lowest BCUT2D eigenvalue weighted by molar-refractivity contribution is -0.146. The number of hydrogen-bond acceptors (Lipinski definition) is 5. The summed E-state index contributed by atoms with van der Waals surface area (Å²) in [5, 5.41) is 12.9. The summed E-state index contributed by atoms with van der Waals surface area (Å²) < 4.78 is 0.965. The van der Waals surface area contributed by atoms with Crippen molar-refractivity contribution in [3.8, 4) is 11.1 Å². The molecule has 1 saturated carbocycles. The number of carboxylic acid groups (broad SMARTS) is 1. The van der Waals surface area contributed by atoms with E-state index in [2.05, 4.69) is 15.3 Å². The highest BCUT2D eigenvalue weighted by Crippen LogP contribution is 2.48. The van der Waals surface area contributed by atoms with Gasteiger partial charge in [-0.2, -0.15) is 0 Å². The zero-order valence-electron chi connectivity index (χ0n) is 14.8. The van der Waals surface area contributed by atoms with Crippen molar-refractivity contribution in [1.29, 1.82) is 0 Å². The average molecular weight is 391 g/mol. The number of benzene rings is 1. The summed E-state index contributed by atoms with van der Waals surface area (Å²) in [6.45, 7) is 0. The molecule has 4 unspecified atom stereocenters. The number of nitrogens with one attached hydrogen (secondary N) is 1. The van der Waals surface area contributed by atoms with E-state index >= 15 is 0 Å². The summed E-state index contributed by atoms with van der Waals surface area (Å²) in [6, 6.07) is 9.85. The third-order valence-electron chi connectivity index (χ3n) is 5.68. The highest BCUT2D eigenvalue weighted by atomic mass is 32.1. The van der Waals surface area contributed by atoms with E-state index in [0.717, 1.165) is 27.8 Å². The molecule has 1 amide bonds. The molecule has 0 saturated heterocycles. The Hall–Kier alpha value is -3.06. The van der Waals surface area contributed by atoms with E-state index in [-0.39, 0.29) is 17.7 Å². The van der Waals surface area contributed by atoms with Crippen LogP contribution in [0.15, 0.2) is 54.9 Å². The smallest absolute Gasteiger partial charge is 0.307 e. The number of carboxylic acids is 1. The molecule has 7 heteroatoms. The lowest BCUT2D eigenvalue weighted by Gasteiger charge is -2.23. The molecule has 2 aliphatic carbocycles. The fraction of sp³-hybridized carbons (Fsp3) is 0.238. The molecule has 2 aliphatic rings. The monoisotopic (exact) mass is 391 g/mol. The second-order valence-electron chi connectivity index (χ2n) is 7.26. The Morgan fingerprint density at radius 3 is 2.54 bits per heavy atom. The molecule has 0 radical (unpaired) electrons. The molecule has 2 bridgehead atoms. The lowest BCUT2D eigenvalue weighted by atomic mass is 9.82. The molecule has 6 nitrogen and oxygen atoms in total. The van der Waals surface area contributed by atoms with E-state index in [1.807, 2.05) is 42.5 Å². The largest absolute Gasteiger partial charge is 0.481 e. The van der Waals surface area contributed by atoms with Crippen LogP contribution in [0.2, 0.25) is 0 Å². The molecule has 1 aromatic carbocycles. The van der Waals surface area contributed by atoms with Gasteiger partial charge in [-0.05, 0) is 53.6 Å². The maximum atomic E-state index is 12.8. The number of aliphatic carboxylic acids is 1. The highest BCUT2D eigenvalue weighted by Gasteiger charge is 2.51. The summed E-state index contributed by atoms with van der Waals surface area (Å²) in [5.41, 5.74) is 2.93. The second-order valence-corrected chi connectivity index (χ2v) is 8.30. The van der Waals surface area contributed by atoms with Crippen molar-refractivity contribution < 1.29 is 14.7 Å². The number of amides is 1. The van der Waals surface area contributed by atoms with Crippen molar-refractivity contribution in [2.75, 3.05) is 5.32 Å². The van der Waals surface area contributed by atoms with Crippen LogP contribution < -0.4 is 5.32 Å². The maximum Gasteiger partial charge on any atom is 0.307 e. The maximum absolute atomic E-state index is 12.8. The zero-order valence-corrected chi connectivity index (χ0v) is 15.6. The number of rotatable bonds is 4. The Morgan fingerprint density at radius 2 is 1.79 bits per heavy atom. The van der Waals surface area contributed by atoms with Crippen LogP contribution in [0.5, 0.6) is 0 Å². The van der Waals surface area contributed by atoms with Crippen LogP contribution >= 0.6 is 11.3 Å². The summed E-state index contributed by atoms with van der Waals surface area (Å²) in [5.74, 6) is -2.38. The van der Waals surface area contributed by atoms with Crippen LogP contribution in [0.4, 0.5) is 5.13 Å². The predicted octanol–water partition coefficient (Wildman–Crippen LogP) is 3.82. The molecule has 0 aliphatic heterocycles. The fourth-order valence-electron chi connectivity index (χ4n) is 4.41. The van der Waals surface area contributed by atoms with E-state index in [1.165, 1.54) is 11.3 Å². The zero-order chi connectivity index (χ0) is 19.3. The molecule has 2 heterocycles. The third-order valence-corrected chi connectivity index (χ3v) is 6.61. The van der Waals surface area contributed by atoms with E-state index in [9.17, 15) is 14.7 Å². The van der Waals surface area contributed by atoms with E-state index in [0.29, 0.717) is 5.13 Å². The van der Waals surface area contributed by atoms with E-state index in [4.69, 9.17) is 0 Å². The van der Waals surface area contributed by atoms with Crippen molar-refractivity contribution in [2.24, 2.45) is 23.7 Å². The lowest BCUT2D eigenvalue weighted by Crippen LogP contribution is -2.36. The van der Waals surface area contributed by atoms with Crippen molar-refractivity contribution >= 4 is 38.6 Å². The van der Waals surface area contributed by atoms with Crippen LogP contribution in [0, 0.1) is 23.7 Å². The van der Waals surface area contributed by atoms with Gasteiger partial charge in [0.2, 0.25) is 5.91 Å². The fourth-order valence-corrected chi connectivity index (χ4v) is 5.32. The van der Waals surface area contributed by atoms with Gasteiger partial charge in [-0.15, -0.1) is 0 Å². The first kappa shape index (κ1) is 17.1. The van der Waals surface area contributed by atoms with Gasteiger partial charge in [0.05, 0.1) is 22.1 Å². The minimum atomic E-state index is -0.900. The molecule has 3 aromatic rings. The topological polar surface area (TPSA) is 92.2 Å². The Labute approximate surface area is 165 Å². The van der Waals surface area contributed by atoms with Crippen molar-refractivity contribution in [2.45, 2.75) is 6.42 Å². The summed E-state index contributed by atoms with van der Waals surface area (Å²) in [4.78, 5) is 33.0. The minimum absolute atomic E-state index is 0.00114. The summed E-state index contributed by atoms with van der Waals surface area (Å²) >= 11 is 1.40.